The molecule has 82 valence electrons. The van der Waals surface area contributed by atoms with Gasteiger partial charge < -0.3 is 16.4 Å². The topological polar surface area (TPSA) is 67.2 Å². The molecule has 0 aliphatic rings. The van der Waals surface area contributed by atoms with Gasteiger partial charge in [-0.3, -0.25) is 4.79 Å². The van der Waals surface area contributed by atoms with Crippen molar-refractivity contribution >= 4 is 39.9 Å². The summed E-state index contributed by atoms with van der Waals surface area (Å²) in [6, 6.07) is 5.69. The van der Waals surface area contributed by atoms with E-state index in [0.29, 0.717) is 13.1 Å². The molecule has 0 spiro atoms. The van der Waals surface area contributed by atoms with E-state index in [1.807, 2.05) is 18.2 Å². The van der Waals surface area contributed by atoms with E-state index >= 15 is 0 Å². The number of hydrogen-bond donors (Lipinski definition) is 3. The first-order chi connectivity index (χ1) is 7.09. The van der Waals surface area contributed by atoms with E-state index in [4.69, 9.17) is 5.73 Å². The Morgan fingerprint density at radius 2 is 2.20 bits per heavy atom. The third-order valence-corrected chi connectivity index (χ3v) is 2.70. The highest BCUT2D eigenvalue weighted by molar-refractivity contribution is 14.1. The Hall–Kier alpha value is -0.980. The summed E-state index contributed by atoms with van der Waals surface area (Å²) in [4.78, 5) is 10.6. The number of amides is 1. The van der Waals surface area contributed by atoms with Gasteiger partial charge in [-0.05, 0) is 40.8 Å². The molecule has 0 aliphatic heterocycles. The van der Waals surface area contributed by atoms with E-state index in [2.05, 4.69) is 33.2 Å². The van der Waals surface area contributed by atoms with Crippen molar-refractivity contribution in [3.63, 3.8) is 0 Å². The summed E-state index contributed by atoms with van der Waals surface area (Å²) in [5.74, 6) is -0.0104. The molecule has 5 heteroatoms. The Morgan fingerprint density at radius 3 is 2.80 bits per heavy atom. The Kier molecular flexibility index (Phi) is 4.67. The van der Waals surface area contributed by atoms with Crippen molar-refractivity contribution < 1.29 is 4.79 Å². The highest BCUT2D eigenvalue weighted by Crippen LogP contribution is 2.20. The minimum absolute atomic E-state index is 0.0104. The molecule has 1 aromatic carbocycles. The quantitative estimate of drug-likeness (QED) is 0.447. The third kappa shape index (κ3) is 4.37. The first kappa shape index (κ1) is 12.1. The largest absolute Gasteiger partial charge is 0.399 e. The molecule has 0 heterocycles. The zero-order valence-electron chi connectivity index (χ0n) is 8.51. The Morgan fingerprint density at radius 1 is 1.47 bits per heavy atom. The van der Waals surface area contributed by atoms with Crippen LogP contribution in [0.15, 0.2) is 18.2 Å². The lowest BCUT2D eigenvalue weighted by atomic mass is 10.3. The van der Waals surface area contributed by atoms with Crippen molar-refractivity contribution in [1.82, 2.24) is 5.32 Å². The van der Waals surface area contributed by atoms with Gasteiger partial charge in [-0.1, -0.05) is 0 Å². The van der Waals surface area contributed by atoms with Crippen LogP contribution in [-0.4, -0.2) is 19.0 Å². The Balaban J connectivity index is 2.40. The van der Waals surface area contributed by atoms with E-state index in [1.54, 1.807) is 0 Å². The number of carbonyl (C=O) groups excluding carboxylic acids is 1. The van der Waals surface area contributed by atoms with Gasteiger partial charge in [0.15, 0.2) is 0 Å². The van der Waals surface area contributed by atoms with Gasteiger partial charge in [0.05, 0.1) is 0 Å². The van der Waals surface area contributed by atoms with Crippen molar-refractivity contribution in [2.24, 2.45) is 0 Å². The summed E-state index contributed by atoms with van der Waals surface area (Å²) in [5, 5.41) is 5.94. The van der Waals surface area contributed by atoms with Gasteiger partial charge in [-0.15, -0.1) is 0 Å². The molecule has 4 N–H and O–H groups in total. The number of anilines is 2. The Labute approximate surface area is 103 Å². The molecule has 0 fully saturated rings. The summed E-state index contributed by atoms with van der Waals surface area (Å²) >= 11 is 2.22. The van der Waals surface area contributed by atoms with Crippen molar-refractivity contribution in [2.45, 2.75) is 6.92 Å². The molecule has 0 saturated carbocycles. The van der Waals surface area contributed by atoms with Crippen LogP contribution in [0.4, 0.5) is 11.4 Å². The molecule has 0 atom stereocenters. The lowest BCUT2D eigenvalue weighted by Crippen LogP contribution is -2.26. The average Bonchev–Trinajstić information content (AvgIpc) is 2.14. The number of nitrogens with two attached hydrogens (primary N) is 1. The third-order valence-electron chi connectivity index (χ3n) is 1.81. The molecule has 0 bridgehead atoms. The molecular formula is C10H14IN3O. The normalized spacial score (nSPS) is 9.73. The fourth-order valence-electron chi connectivity index (χ4n) is 1.11. The fraction of sp³-hybridized carbons (Fsp3) is 0.300. The van der Waals surface area contributed by atoms with Crippen LogP contribution in [0.3, 0.4) is 0 Å². The van der Waals surface area contributed by atoms with Crippen molar-refractivity contribution in [3.05, 3.63) is 21.8 Å². The van der Waals surface area contributed by atoms with Crippen LogP contribution in [0.5, 0.6) is 0 Å². The van der Waals surface area contributed by atoms with E-state index < -0.39 is 0 Å². The maximum Gasteiger partial charge on any atom is 0.216 e. The summed E-state index contributed by atoms with van der Waals surface area (Å²) < 4.78 is 1.08. The van der Waals surface area contributed by atoms with Crippen LogP contribution in [0.2, 0.25) is 0 Å². The lowest BCUT2D eigenvalue weighted by Gasteiger charge is -2.09. The predicted molar refractivity (Wildman–Crippen MR) is 70.7 cm³/mol. The summed E-state index contributed by atoms with van der Waals surface area (Å²) in [7, 11) is 0. The van der Waals surface area contributed by atoms with E-state index in [-0.39, 0.29) is 5.91 Å². The van der Waals surface area contributed by atoms with Crippen molar-refractivity contribution in [2.75, 3.05) is 24.1 Å². The van der Waals surface area contributed by atoms with Crippen molar-refractivity contribution in [1.29, 1.82) is 0 Å². The maximum absolute atomic E-state index is 10.6. The fourth-order valence-corrected chi connectivity index (χ4v) is 1.84. The van der Waals surface area contributed by atoms with Crippen LogP contribution in [-0.2, 0) is 4.79 Å². The standard InChI is InChI=1S/C10H14IN3O/c1-7(15)13-4-5-14-10-3-2-8(12)6-9(10)11/h2-3,6,14H,4-5,12H2,1H3,(H,13,15). The van der Waals surface area contributed by atoms with Crippen LogP contribution in [0.25, 0.3) is 0 Å². The average molecular weight is 319 g/mol. The SMILES string of the molecule is CC(=O)NCCNc1ccc(N)cc1I. The van der Waals surface area contributed by atoms with Gasteiger partial charge in [0.1, 0.15) is 0 Å². The smallest absolute Gasteiger partial charge is 0.216 e. The Bertz CT molecular complexity index is 355. The molecule has 1 amide bonds. The number of nitrogens with one attached hydrogen (secondary N) is 2. The van der Waals surface area contributed by atoms with E-state index in [9.17, 15) is 4.79 Å². The molecule has 0 aliphatic carbocycles. The van der Waals surface area contributed by atoms with Crippen LogP contribution >= 0.6 is 22.6 Å². The number of halogens is 1. The van der Waals surface area contributed by atoms with Crippen LogP contribution in [0.1, 0.15) is 6.92 Å². The number of rotatable bonds is 4. The van der Waals surface area contributed by atoms with Crippen LogP contribution < -0.4 is 16.4 Å². The highest BCUT2D eigenvalue weighted by atomic mass is 127. The van der Waals surface area contributed by atoms with Crippen molar-refractivity contribution in [3.8, 4) is 0 Å². The second kappa shape index (κ2) is 5.79. The minimum atomic E-state index is -0.0104. The summed E-state index contributed by atoms with van der Waals surface area (Å²) in [6.07, 6.45) is 0. The van der Waals surface area contributed by atoms with Gasteiger partial charge in [0.25, 0.3) is 0 Å². The second-order valence-electron chi connectivity index (χ2n) is 3.15. The maximum atomic E-state index is 10.6. The van der Waals surface area contributed by atoms with Gasteiger partial charge in [-0.2, -0.15) is 0 Å². The van der Waals surface area contributed by atoms with Gasteiger partial charge in [-0.25, -0.2) is 0 Å². The number of benzene rings is 1. The van der Waals surface area contributed by atoms with E-state index in [0.717, 1.165) is 14.9 Å². The molecule has 4 nitrogen and oxygen atoms in total. The number of nitrogen functional groups attached to an aromatic ring is 1. The van der Waals surface area contributed by atoms with Gasteiger partial charge in [0.2, 0.25) is 5.91 Å². The monoisotopic (exact) mass is 319 g/mol. The first-order valence-electron chi connectivity index (χ1n) is 4.63. The molecule has 1 rings (SSSR count). The summed E-state index contributed by atoms with van der Waals surface area (Å²) in [5.41, 5.74) is 7.43. The molecule has 15 heavy (non-hydrogen) atoms. The lowest BCUT2D eigenvalue weighted by molar-refractivity contribution is -0.118. The number of carbonyl (C=O) groups is 1. The number of hydrogen-bond acceptors (Lipinski definition) is 3. The predicted octanol–water partition coefficient (Wildman–Crippen LogP) is 1.42. The van der Waals surface area contributed by atoms with Gasteiger partial charge >= 0.3 is 0 Å². The molecule has 0 saturated heterocycles. The molecule has 0 radical (unpaired) electrons. The minimum Gasteiger partial charge on any atom is -0.399 e. The van der Waals surface area contributed by atoms with Crippen LogP contribution in [0, 0.1) is 3.57 Å². The molecule has 1 aromatic rings. The zero-order chi connectivity index (χ0) is 11.3. The molecular weight excluding hydrogens is 305 g/mol. The zero-order valence-corrected chi connectivity index (χ0v) is 10.7. The van der Waals surface area contributed by atoms with E-state index in [1.165, 1.54) is 6.92 Å². The molecule has 0 aromatic heterocycles. The molecule has 0 unspecified atom stereocenters. The second-order valence-corrected chi connectivity index (χ2v) is 4.31. The first-order valence-corrected chi connectivity index (χ1v) is 5.71. The summed E-state index contributed by atoms with van der Waals surface area (Å²) in [6.45, 7) is 2.84. The van der Waals surface area contributed by atoms with Gasteiger partial charge in [0, 0.05) is 35.0 Å². The highest BCUT2D eigenvalue weighted by Gasteiger charge is 1.98.